The molecule has 1 aliphatic carbocycles. The van der Waals surface area contributed by atoms with E-state index in [1.165, 1.54) is 6.20 Å². The van der Waals surface area contributed by atoms with Crippen molar-refractivity contribution >= 4 is 17.5 Å². The van der Waals surface area contributed by atoms with E-state index in [1.807, 2.05) is 32.0 Å². The van der Waals surface area contributed by atoms with E-state index < -0.39 is 11.8 Å². The van der Waals surface area contributed by atoms with Gasteiger partial charge < -0.3 is 5.32 Å². The van der Waals surface area contributed by atoms with Crippen molar-refractivity contribution in [2.24, 2.45) is 5.92 Å². The molecule has 2 unspecified atom stereocenters. The summed E-state index contributed by atoms with van der Waals surface area (Å²) in [6.07, 6.45) is 5.24. The van der Waals surface area contributed by atoms with Crippen molar-refractivity contribution in [3.05, 3.63) is 76.9 Å². The molecule has 166 valence electrons. The van der Waals surface area contributed by atoms with Crippen molar-refractivity contribution in [2.75, 3.05) is 6.54 Å². The number of aryl methyl sites for hydroxylation is 2. The number of benzene rings is 1. The van der Waals surface area contributed by atoms with E-state index >= 15 is 0 Å². The van der Waals surface area contributed by atoms with Crippen molar-refractivity contribution in [2.45, 2.75) is 32.6 Å². The zero-order valence-electron chi connectivity index (χ0n) is 18.4. The highest BCUT2D eigenvalue weighted by atomic mass is 16.2. The molecule has 8 nitrogen and oxygen atoms in total. The molecule has 0 radical (unpaired) electrons. The highest BCUT2D eigenvalue weighted by molar-refractivity contribution is 6.15. The zero-order valence-corrected chi connectivity index (χ0v) is 18.4. The van der Waals surface area contributed by atoms with Gasteiger partial charge in [-0.2, -0.15) is 10.4 Å². The number of pyridine rings is 1. The summed E-state index contributed by atoms with van der Waals surface area (Å²) in [4.78, 5) is 42.2. The first-order valence-electron chi connectivity index (χ1n) is 10.7. The van der Waals surface area contributed by atoms with Crippen LogP contribution in [0, 0.1) is 31.1 Å². The first kappa shape index (κ1) is 22.1. The molecule has 1 aromatic carbocycles. The lowest BCUT2D eigenvalue weighted by atomic mass is 9.87. The van der Waals surface area contributed by atoms with Gasteiger partial charge in [0.25, 0.3) is 5.91 Å². The lowest BCUT2D eigenvalue weighted by Crippen LogP contribution is -2.27. The van der Waals surface area contributed by atoms with E-state index in [2.05, 4.69) is 15.4 Å². The lowest BCUT2D eigenvalue weighted by molar-refractivity contribution is -0.124. The Hall–Kier alpha value is -4.12. The van der Waals surface area contributed by atoms with Crippen LogP contribution in [0.2, 0.25) is 0 Å². The minimum Gasteiger partial charge on any atom is -0.351 e. The second-order valence-corrected chi connectivity index (χ2v) is 8.24. The summed E-state index contributed by atoms with van der Waals surface area (Å²) in [6, 6.07) is 10.9. The van der Waals surface area contributed by atoms with Crippen molar-refractivity contribution in [3.63, 3.8) is 0 Å². The van der Waals surface area contributed by atoms with Crippen molar-refractivity contribution in [1.29, 1.82) is 5.26 Å². The summed E-state index contributed by atoms with van der Waals surface area (Å²) in [5.74, 6) is -1.70. The van der Waals surface area contributed by atoms with E-state index in [4.69, 9.17) is 5.26 Å². The standard InChI is InChI=1S/C25H23N5O3/c1-15-9-19(30-14-17(12-26)13-29-30)10-16(2)22(15)23-21(31)11-18(24(23)32)6-8-28-25(33)20-5-3-4-7-27-20/h3-5,7,9-10,13-14,18,23H,6,8,11H2,1-2H3,(H,28,33). The Morgan fingerprint density at radius 3 is 2.64 bits per heavy atom. The van der Waals surface area contributed by atoms with Crippen LogP contribution in [0.5, 0.6) is 0 Å². The number of carbonyl (C=O) groups is 3. The second-order valence-electron chi connectivity index (χ2n) is 8.24. The van der Waals surface area contributed by atoms with Gasteiger partial charge in [-0.25, -0.2) is 4.68 Å². The Kier molecular flexibility index (Phi) is 6.13. The third kappa shape index (κ3) is 4.44. The van der Waals surface area contributed by atoms with Gasteiger partial charge in [0, 0.05) is 31.3 Å². The number of hydrogen-bond donors (Lipinski definition) is 1. The Morgan fingerprint density at radius 2 is 2.00 bits per heavy atom. The molecule has 4 rings (SSSR count). The maximum Gasteiger partial charge on any atom is 0.269 e. The molecular weight excluding hydrogens is 418 g/mol. The van der Waals surface area contributed by atoms with Crippen molar-refractivity contribution in [3.8, 4) is 11.8 Å². The van der Waals surface area contributed by atoms with E-state index in [1.54, 1.807) is 35.3 Å². The third-order valence-corrected chi connectivity index (χ3v) is 5.98. The number of carbonyl (C=O) groups excluding carboxylic acids is 3. The maximum atomic E-state index is 13.2. The van der Waals surface area contributed by atoms with E-state index in [0.29, 0.717) is 24.2 Å². The molecule has 1 saturated carbocycles. The summed E-state index contributed by atoms with van der Waals surface area (Å²) in [6.45, 7) is 4.05. The fourth-order valence-electron chi connectivity index (χ4n) is 4.41. The molecule has 1 amide bonds. The van der Waals surface area contributed by atoms with Crippen LogP contribution in [-0.2, 0) is 9.59 Å². The molecule has 0 aliphatic heterocycles. The maximum absolute atomic E-state index is 13.2. The predicted molar refractivity (Wildman–Crippen MR) is 120 cm³/mol. The van der Waals surface area contributed by atoms with Crippen LogP contribution in [0.1, 0.15) is 51.5 Å². The minimum absolute atomic E-state index is 0.0918. The summed E-state index contributed by atoms with van der Waals surface area (Å²) in [5.41, 5.74) is 3.93. The van der Waals surface area contributed by atoms with E-state index in [0.717, 1.165) is 22.4 Å². The number of aromatic nitrogens is 3. The molecule has 1 aliphatic rings. The molecule has 1 N–H and O–H groups in total. The van der Waals surface area contributed by atoms with Crippen LogP contribution in [0.3, 0.4) is 0 Å². The van der Waals surface area contributed by atoms with Crippen molar-refractivity contribution in [1.82, 2.24) is 20.1 Å². The normalized spacial score (nSPS) is 17.7. The third-order valence-electron chi connectivity index (χ3n) is 5.98. The number of amides is 1. The molecular formula is C25H23N5O3. The van der Waals surface area contributed by atoms with Gasteiger partial charge in [0.15, 0.2) is 5.78 Å². The van der Waals surface area contributed by atoms with Crippen LogP contribution in [0.4, 0.5) is 0 Å². The van der Waals surface area contributed by atoms with Gasteiger partial charge >= 0.3 is 0 Å². The quantitative estimate of drug-likeness (QED) is 0.588. The van der Waals surface area contributed by atoms with Crippen LogP contribution in [0.15, 0.2) is 48.9 Å². The fraction of sp³-hybridized carbons (Fsp3) is 0.280. The molecule has 0 bridgehead atoms. The first-order chi connectivity index (χ1) is 15.9. The second kappa shape index (κ2) is 9.17. The number of rotatable bonds is 6. The van der Waals surface area contributed by atoms with Gasteiger partial charge in [0.05, 0.1) is 17.4 Å². The fourth-order valence-corrected chi connectivity index (χ4v) is 4.41. The molecule has 1 fully saturated rings. The highest BCUT2D eigenvalue weighted by Gasteiger charge is 2.42. The average Bonchev–Trinajstić information content (AvgIpc) is 3.39. The molecule has 3 aromatic rings. The number of hydrogen-bond acceptors (Lipinski definition) is 6. The Labute approximate surface area is 191 Å². The molecule has 8 heteroatoms. The predicted octanol–water partition coefficient (Wildman–Crippen LogP) is 2.82. The van der Waals surface area contributed by atoms with Gasteiger partial charge in [-0.1, -0.05) is 6.07 Å². The first-order valence-corrected chi connectivity index (χ1v) is 10.7. The largest absolute Gasteiger partial charge is 0.351 e. The number of ketones is 2. The summed E-state index contributed by atoms with van der Waals surface area (Å²) >= 11 is 0. The van der Waals surface area contributed by atoms with E-state index in [9.17, 15) is 14.4 Å². The Bertz CT molecular complexity index is 1250. The lowest BCUT2D eigenvalue weighted by Gasteiger charge is -2.17. The summed E-state index contributed by atoms with van der Waals surface area (Å²) in [7, 11) is 0. The molecule has 2 heterocycles. The van der Waals surface area contributed by atoms with Crippen molar-refractivity contribution < 1.29 is 14.4 Å². The zero-order chi connectivity index (χ0) is 23.5. The van der Waals surface area contributed by atoms with Gasteiger partial charge in [-0.3, -0.25) is 19.4 Å². The number of nitrogens with one attached hydrogen (secondary N) is 1. The van der Waals surface area contributed by atoms with Gasteiger partial charge in [-0.05, 0) is 61.2 Å². The monoisotopic (exact) mass is 441 g/mol. The minimum atomic E-state index is -0.789. The van der Waals surface area contributed by atoms with Crippen LogP contribution < -0.4 is 5.32 Å². The molecule has 2 aromatic heterocycles. The Balaban J connectivity index is 1.47. The van der Waals surface area contributed by atoms with Crippen LogP contribution >= 0.6 is 0 Å². The smallest absolute Gasteiger partial charge is 0.269 e. The van der Waals surface area contributed by atoms with Crippen LogP contribution in [-0.4, -0.2) is 38.8 Å². The SMILES string of the molecule is Cc1cc(-n2cc(C#N)cn2)cc(C)c1C1C(=O)CC(CCNC(=O)c2ccccn2)C1=O. The van der Waals surface area contributed by atoms with Crippen LogP contribution in [0.25, 0.3) is 5.69 Å². The summed E-state index contributed by atoms with van der Waals surface area (Å²) in [5, 5.41) is 16.0. The number of nitriles is 1. The number of Topliss-reactive ketones (excluding diaryl/α,β-unsaturated/α-hetero) is 2. The summed E-state index contributed by atoms with van der Waals surface area (Å²) < 4.78 is 1.60. The average molecular weight is 441 g/mol. The molecule has 0 saturated heterocycles. The van der Waals surface area contributed by atoms with Gasteiger partial charge in [-0.15, -0.1) is 0 Å². The number of nitrogens with zero attached hydrogens (tertiary/aromatic N) is 4. The topological polar surface area (TPSA) is 118 Å². The highest BCUT2D eigenvalue weighted by Crippen LogP contribution is 2.37. The van der Waals surface area contributed by atoms with Gasteiger partial charge in [0.2, 0.25) is 0 Å². The molecule has 2 atom stereocenters. The van der Waals surface area contributed by atoms with Gasteiger partial charge in [0.1, 0.15) is 23.5 Å². The molecule has 33 heavy (non-hydrogen) atoms. The molecule has 0 spiro atoms. The van der Waals surface area contributed by atoms with E-state index in [-0.39, 0.29) is 23.9 Å². The Morgan fingerprint density at radius 1 is 1.24 bits per heavy atom.